The molecule has 0 bridgehead atoms. The molecule has 0 fully saturated rings. The normalized spacial score (nSPS) is 13.4. The van der Waals surface area contributed by atoms with E-state index in [1.165, 1.54) is 0 Å². The second kappa shape index (κ2) is 18.2. The van der Waals surface area contributed by atoms with Gasteiger partial charge in [-0.25, -0.2) is 0 Å². The fourth-order valence-corrected chi connectivity index (χ4v) is 5.93. The number of rotatable bonds is 22. The summed E-state index contributed by atoms with van der Waals surface area (Å²) >= 11 is 0. The molecule has 0 saturated carbocycles. The van der Waals surface area contributed by atoms with E-state index in [-0.39, 0.29) is 0 Å². The average molecular weight is 535 g/mol. The molecule has 0 aliphatic rings. The molecule has 1 unspecified atom stereocenters. The zero-order chi connectivity index (χ0) is 27.7. The van der Waals surface area contributed by atoms with Crippen molar-refractivity contribution >= 4 is 22.1 Å². The Balaban J connectivity index is 5.82. The van der Waals surface area contributed by atoms with Gasteiger partial charge in [0.15, 0.2) is 5.25 Å². The zero-order valence-electron chi connectivity index (χ0n) is 23.9. The summed E-state index contributed by atoms with van der Waals surface area (Å²) in [5.74, 6) is -1.84. The van der Waals surface area contributed by atoms with Crippen LogP contribution in [0.3, 0.4) is 0 Å². The predicted molar refractivity (Wildman–Crippen MR) is 146 cm³/mol. The van der Waals surface area contributed by atoms with E-state index in [1.54, 1.807) is 0 Å². The van der Waals surface area contributed by atoms with E-state index < -0.39 is 44.9 Å². The molecule has 0 heterocycles. The Morgan fingerprint density at radius 3 is 1.36 bits per heavy atom. The van der Waals surface area contributed by atoms with Crippen molar-refractivity contribution in [1.82, 2.24) is 0 Å². The van der Waals surface area contributed by atoms with Crippen LogP contribution >= 0.6 is 0 Å². The van der Waals surface area contributed by atoms with Crippen LogP contribution in [0.5, 0.6) is 0 Å². The summed E-state index contributed by atoms with van der Waals surface area (Å²) in [6.07, 6.45) is 12.1. The van der Waals surface area contributed by atoms with Gasteiger partial charge in [0.05, 0.1) is 6.42 Å². The van der Waals surface area contributed by atoms with Gasteiger partial charge in [0, 0.05) is 0 Å². The molecule has 8 heteroatoms. The molecule has 214 valence electrons. The van der Waals surface area contributed by atoms with Crippen molar-refractivity contribution in [2.45, 2.75) is 167 Å². The molecule has 0 radical (unpaired) electrons. The molecule has 7 nitrogen and oxygen atoms in total. The Hall–Kier alpha value is -1.15. The second-order valence-corrected chi connectivity index (χ2v) is 12.0. The van der Waals surface area contributed by atoms with E-state index in [0.29, 0.717) is 38.5 Å². The first-order chi connectivity index (χ1) is 17.0. The molecule has 0 spiro atoms. The minimum Gasteiger partial charge on any atom is -0.459 e. The van der Waals surface area contributed by atoms with Crippen LogP contribution in [-0.4, -0.2) is 41.4 Å². The van der Waals surface area contributed by atoms with Crippen LogP contribution in [0.15, 0.2) is 0 Å². The second-order valence-electron chi connectivity index (χ2n) is 10.4. The summed E-state index contributed by atoms with van der Waals surface area (Å²) in [5, 5.41) is -1.99. The Morgan fingerprint density at radius 1 is 0.639 bits per heavy atom. The highest BCUT2D eigenvalue weighted by atomic mass is 32.2. The predicted octanol–water partition coefficient (Wildman–Crippen LogP) is 7.56. The van der Waals surface area contributed by atoms with Gasteiger partial charge < -0.3 is 9.47 Å². The van der Waals surface area contributed by atoms with Gasteiger partial charge in [-0.1, -0.05) is 92.9 Å². The molecular weight excluding hydrogens is 480 g/mol. The van der Waals surface area contributed by atoms with E-state index in [1.807, 2.05) is 27.7 Å². The van der Waals surface area contributed by atoms with Crippen LogP contribution in [0, 0.1) is 0 Å². The van der Waals surface area contributed by atoms with Gasteiger partial charge in [0.2, 0.25) is 0 Å². The minimum atomic E-state index is -4.86. The molecule has 1 atom stereocenters. The van der Waals surface area contributed by atoms with Gasteiger partial charge in [0.25, 0.3) is 10.1 Å². The summed E-state index contributed by atoms with van der Waals surface area (Å²) in [6, 6.07) is 0. The fourth-order valence-electron chi connectivity index (χ4n) is 5.30. The van der Waals surface area contributed by atoms with Crippen LogP contribution in [-0.2, 0) is 29.2 Å². The van der Waals surface area contributed by atoms with Crippen molar-refractivity contribution in [2.75, 3.05) is 0 Å². The summed E-state index contributed by atoms with van der Waals surface area (Å²) < 4.78 is 46.2. The lowest BCUT2D eigenvalue weighted by atomic mass is 9.86. The highest BCUT2D eigenvalue weighted by Crippen LogP contribution is 2.34. The number of ether oxygens (including phenoxy) is 2. The van der Waals surface area contributed by atoms with Crippen LogP contribution in [0.4, 0.5) is 0 Å². The molecular formula is C28H54O7S. The monoisotopic (exact) mass is 534 g/mol. The van der Waals surface area contributed by atoms with Crippen LogP contribution in [0.2, 0.25) is 0 Å². The van der Waals surface area contributed by atoms with Crippen molar-refractivity contribution in [3.8, 4) is 0 Å². The first-order valence-electron chi connectivity index (χ1n) is 14.4. The molecule has 0 aromatic carbocycles. The smallest absolute Gasteiger partial charge is 0.328 e. The SMILES string of the molecule is CCCCCC(CCC)(CCC)OC(=O)CC(C(=O)OC(CCC)(CCC)CCCCC)S(=O)(=O)O. The summed E-state index contributed by atoms with van der Waals surface area (Å²) in [7, 11) is -4.86. The Morgan fingerprint density at radius 2 is 1.03 bits per heavy atom. The van der Waals surface area contributed by atoms with Gasteiger partial charge in [-0.05, 0) is 51.4 Å². The van der Waals surface area contributed by atoms with E-state index in [9.17, 15) is 22.6 Å². The molecule has 0 aliphatic heterocycles. The van der Waals surface area contributed by atoms with Crippen LogP contribution in [0.25, 0.3) is 0 Å². The van der Waals surface area contributed by atoms with Gasteiger partial charge in [-0.2, -0.15) is 8.42 Å². The average Bonchev–Trinajstić information content (AvgIpc) is 2.78. The fraction of sp³-hybridized carbons (Fsp3) is 0.929. The number of esters is 2. The van der Waals surface area contributed by atoms with Gasteiger partial charge in [0.1, 0.15) is 11.2 Å². The summed E-state index contributed by atoms with van der Waals surface area (Å²) in [6.45, 7) is 12.2. The third kappa shape index (κ3) is 12.9. The maximum absolute atomic E-state index is 13.2. The van der Waals surface area contributed by atoms with E-state index in [2.05, 4.69) is 13.8 Å². The standard InChI is InChI=1S/C28H54O7S/c1-7-13-15-21-27(17-9-3,18-10-4)34-25(29)23-24(36(31,32)33)26(30)35-28(19-11-5,20-12-6)22-16-14-8-2/h24H,7-23H2,1-6H3,(H,31,32,33). The number of hydrogen-bond donors (Lipinski definition) is 1. The molecule has 0 saturated heterocycles. The lowest BCUT2D eigenvalue weighted by Crippen LogP contribution is -2.43. The summed E-state index contributed by atoms with van der Waals surface area (Å²) in [4.78, 5) is 26.2. The van der Waals surface area contributed by atoms with Crippen molar-refractivity contribution < 1.29 is 32.0 Å². The number of carbonyl (C=O) groups excluding carboxylic acids is 2. The van der Waals surface area contributed by atoms with Crippen molar-refractivity contribution in [1.29, 1.82) is 0 Å². The van der Waals surface area contributed by atoms with Gasteiger partial charge >= 0.3 is 11.9 Å². The Kier molecular flexibility index (Phi) is 17.6. The highest BCUT2D eigenvalue weighted by Gasteiger charge is 2.42. The van der Waals surface area contributed by atoms with E-state index in [0.717, 1.165) is 64.2 Å². The maximum atomic E-state index is 13.2. The van der Waals surface area contributed by atoms with Crippen molar-refractivity contribution in [3.63, 3.8) is 0 Å². The highest BCUT2D eigenvalue weighted by molar-refractivity contribution is 7.87. The third-order valence-electron chi connectivity index (χ3n) is 6.92. The molecule has 0 amide bonds. The number of carbonyl (C=O) groups is 2. The van der Waals surface area contributed by atoms with Crippen molar-refractivity contribution in [2.24, 2.45) is 0 Å². The molecule has 0 aliphatic carbocycles. The largest absolute Gasteiger partial charge is 0.459 e. The number of unbranched alkanes of at least 4 members (excludes halogenated alkanes) is 4. The first kappa shape index (κ1) is 34.9. The Labute approximate surface area is 221 Å². The Bertz CT molecular complexity index is 705. The topological polar surface area (TPSA) is 107 Å². The molecule has 0 aromatic heterocycles. The lowest BCUT2D eigenvalue weighted by Gasteiger charge is -2.35. The molecule has 36 heavy (non-hydrogen) atoms. The molecule has 0 aromatic rings. The maximum Gasteiger partial charge on any atom is 0.328 e. The van der Waals surface area contributed by atoms with Gasteiger partial charge in [-0.15, -0.1) is 0 Å². The zero-order valence-corrected chi connectivity index (χ0v) is 24.7. The van der Waals surface area contributed by atoms with E-state index >= 15 is 0 Å². The molecule has 0 rings (SSSR count). The van der Waals surface area contributed by atoms with Gasteiger partial charge in [-0.3, -0.25) is 14.1 Å². The first-order valence-corrected chi connectivity index (χ1v) is 15.9. The van der Waals surface area contributed by atoms with Crippen LogP contribution < -0.4 is 0 Å². The van der Waals surface area contributed by atoms with Crippen molar-refractivity contribution in [3.05, 3.63) is 0 Å². The quantitative estimate of drug-likeness (QED) is 0.0867. The van der Waals surface area contributed by atoms with Crippen LogP contribution in [0.1, 0.15) is 151 Å². The summed E-state index contributed by atoms with van der Waals surface area (Å²) in [5.41, 5.74) is -1.48. The minimum absolute atomic E-state index is 0.604. The number of hydrogen-bond acceptors (Lipinski definition) is 6. The third-order valence-corrected chi connectivity index (χ3v) is 7.99. The molecule has 1 N–H and O–H groups in total. The van der Waals surface area contributed by atoms with E-state index in [4.69, 9.17) is 9.47 Å². The lowest BCUT2D eigenvalue weighted by molar-refractivity contribution is -0.170.